The van der Waals surface area contributed by atoms with Crippen LogP contribution in [0.1, 0.15) is 31.7 Å². The smallest absolute Gasteiger partial charge is 0.223 e. The molecular formula is C16H24N2O2. The zero-order valence-corrected chi connectivity index (χ0v) is 12.4. The quantitative estimate of drug-likeness (QED) is 0.776. The number of nitrogens with one attached hydrogen (secondary N) is 1. The summed E-state index contributed by atoms with van der Waals surface area (Å²) in [4.78, 5) is 14.1. The molecular weight excluding hydrogens is 252 g/mol. The first-order valence-corrected chi connectivity index (χ1v) is 7.37. The number of amides is 1. The molecule has 2 rings (SSSR count). The van der Waals surface area contributed by atoms with Crippen LogP contribution in [0, 0.1) is 0 Å². The van der Waals surface area contributed by atoms with Crippen molar-refractivity contribution in [3.8, 4) is 5.75 Å². The van der Waals surface area contributed by atoms with E-state index in [1.807, 2.05) is 23.1 Å². The van der Waals surface area contributed by atoms with Crippen molar-refractivity contribution in [1.29, 1.82) is 0 Å². The lowest BCUT2D eigenvalue weighted by molar-refractivity contribution is -0.129. The molecule has 0 aliphatic carbocycles. The molecule has 1 heterocycles. The molecule has 0 bridgehead atoms. The number of benzene rings is 1. The normalized spacial score (nSPS) is 18.6. The van der Waals surface area contributed by atoms with Crippen LogP contribution in [0.3, 0.4) is 0 Å². The van der Waals surface area contributed by atoms with Gasteiger partial charge in [-0.15, -0.1) is 0 Å². The highest BCUT2D eigenvalue weighted by atomic mass is 16.5. The fourth-order valence-corrected chi connectivity index (χ4v) is 2.72. The summed E-state index contributed by atoms with van der Waals surface area (Å²) < 4.78 is 5.24. The van der Waals surface area contributed by atoms with Gasteiger partial charge in [0, 0.05) is 19.0 Å². The van der Waals surface area contributed by atoms with Crippen LogP contribution in [0.2, 0.25) is 0 Å². The maximum Gasteiger partial charge on any atom is 0.223 e. The highest BCUT2D eigenvalue weighted by Crippen LogP contribution is 2.24. The van der Waals surface area contributed by atoms with Gasteiger partial charge in [-0.2, -0.15) is 0 Å². The summed E-state index contributed by atoms with van der Waals surface area (Å²) in [5.41, 5.74) is 1.13. The first kappa shape index (κ1) is 14.9. The lowest BCUT2D eigenvalue weighted by Crippen LogP contribution is -2.34. The molecule has 1 aromatic rings. The second kappa shape index (κ2) is 7.29. The molecule has 0 radical (unpaired) electrons. The third-order valence-electron chi connectivity index (χ3n) is 3.84. The van der Waals surface area contributed by atoms with Gasteiger partial charge in [0.05, 0.1) is 7.11 Å². The summed E-state index contributed by atoms with van der Waals surface area (Å²) in [5.74, 6) is 1.12. The van der Waals surface area contributed by atoms with Crippen LogP contribution in [0.5, 0.6) is 5.75 Å². The molecule has 1 N–H and O–H groups in total. The number of carbonyl (C=O) groups is 1. The second-order valence-corrected chi connectivity index (χ2v) is 5.21. The van der Waals surface area contributed by atoms with Crippen molar-refractivity contribution >= 4 is 5.91 Å². The van der Waals surface area contributed by atoms with Crippen LogP contribution < -0.4 is 10.1 Å². The molecule has 1 aliphatic rings. The van der Waals surface area contributed by atoms with E-state index >= 15 is 0 Å². The fourth-order valence-electron chi connectivity index (χ4n) is 2.72. The Kier molecular flexibility index (Phi) is 5.41. The number of hydrogen-bond acceptors (Lipinski definition) is 3. The van der Waals surface area contributed by atoms with E-state index in [0.29, 0.717) is 19.0 Å². The van der Waals surface area contributed by atoms with Crippen molar-refractivity contribution in [2.75, 3.05) is 20.2 Å². The second-order valence-electron chi connectivity index (χ2n) is 5.21. The first-order valence-electron chi connectivity index (χ1n) is 7.37. The van der Waals surface area contributed by atoms with Crippen molar-refractivity contribution in [2.45, 2.75) is 38.8 Å². The van der Waals surface area contributed by atoms with Crippen LogP contribution in [-0.2, 0) is 11.3 Å². The number of hydrogen-bond donors (Lipinski definition) is 1. The van der Waals surface area contributed by atoms with E-state index in [1.54, 1.807) is 7.11 Å². The lowest BCUT2D eigenvalue weighted by atomic mass is 10.1. The Morgan fingerprint density at radius 3 is 3.05 bits per heavy atom. The van der Waals surface area contributed by atoms with E-state index in [2.05, 4.69) is 18.3 Å². The van der Waals surface area contributed by atoms with Gasteiger partial charge in [0.15, 0.2) is 0 Å². The maximum atomic E-state index is 12.1. The highest BCUT2D eigenvalue weighted by molar-refractivity contribution is 5.78. The van der Waals surface area contributed by atoms with Gasteiger partial charge in [0.1, 0.15) is 5.75 Å². The number of nitrogens with zero attached hydrogens (tertiary/aromatic N) is 1. The third-order valence-corrected chi connectivity index (χ3v) is 3.84. The summed E-state index contributed by atoms with van der Waals surface area (Å²) in [7, 11) is 1.67. The SMILES string of the molecule is CCNCC[C@@H]1CCC(=O)N1Cc1cccc(OC)c1. The van der Waals surface area contributed by atoms with Crippen LogP contribution >= 0.6 is 0 Å². The van der Waals surface area contributed by atoms with E-state index in [0.717, 1.165) is 37.2 Å². The molecule has 20 heavy (non-hydrogen) atoms. The summed E-state index contributed by atoms with van der Waals surface area (Å²) in [6, 6.07) is 8.33. The van der Waals surface area contributed by atoms with E-state index in [1.165, 1.54) is 0 Å². The monoisotopic (exact) mass is 276 g/mol. The Morgan fingerprint density at radius 2 is 2.30 bits per heavy atom. The number of likely N-dealkylation sites (tertiary alicyclic amines) is 1. The number of methoxy groups -OCH3 is 1. The molecule has 110 valence electrons. The topological polar surface area (TPSA) is 41.6 Å². The van der Waals surface area contributed by atoms with Crippen LogP contribution in [0.4, 0.5) is 0 Å². The molecule has 4 nitrogen and oxygen atoms in total. The molecule has 1 saturated heterocycles. The molecule has 1 aromatic carbocycles. The van der Waals surface area contributed by atoms with Gasteiger partial charge < -0.3 is 15.0 Å². The zero-order valence-electron chi connectivity index (χ0n) is 12.4. The molecule has 1 amide bonds. The number of ether oxygens (including phenoxy) is 1. The molecule has 0 spiro atoms. The van der Waals surface area contributed by atoms with Gasteiger partial charge in [-0.1, -0.05) is 19.1 Å². The van der Waals surface area contributed by atoms with Crippen LogP contribution in [-0.4, -0.2) is 37.0 Å². The van der Waals surface area contributed by atoms with Crippen LogP contribution in [0.15, 0.2) is 24.3 Å². The molecule has 1 fully saturated rings. The fraction of sp³-hybridized carbons (Fsp3) is 0.562. The van der Waals surface area contributed by atoms with Gasteiger partial charge in [-0.05, 0) is 43.6 Å². The molecule has 4 heteroatoms. The van der Waals surface area contributed by atoms with Gasteiger partial charge in [-0.3, -0.25) is 4.79 Å². The molecule has 1 aliphatic heterocycles. The minimum atomic E-state index is 0.273. The molecule has 0 unspecified atom stereocenters. The lowest BCUT2D eigenvalue weighted by Gasteiger charge is -2.25. The van der Waals surface area contributed by atoms with Gasteiger partial charge in [0.2, 0.25) is 5.91 Å². The van der Waals surface area contributed by atoms with Crippen molar-refractivity contribution < 1.29 is 9.53 Å². The predicted octanol–water partition coefficient (Wildman–Crippen LogP) is 2.19. The summed E-state index contributed by atoms with van der Waals surface area (Å²) in [6.45, 7) is 4.75. The predicted molar refractivity (Wildman–Crippen MR) is 79.7 cm³/mol. The standard InChI is InChI=1S/C16H24N2O2/c1-3-17-10-9-14-7-8-16(19)18(14)12-13-5-4-6-15(11-13)20-2/h4-6,11,14,17H,3,7-10,12H2,1-2H3/t14-/m0/s1. The Hall–Kier alpha value is -1.55. The maximum absolute atomic E-state index is 12.1. The average Bonchev–Trinajstić information content (AvgIpc) is 2.81. The largest absolute Gasteiger partial charge is 0.497 e. The summed E-state index contributed by atoms with van der Waals surface area (Å²) >= 11 is 0. The van der Waals surface area contributed by atoms with E-state index in [9.17, 15) is 4.79 Å². The highest BCUT2D eigenvalue weighted by Gasteiger charge is 2.30. The van der Waals surface area contributed by atoms with Gasteiger partial charge >= 0.3 is 0 Å². The van der Waals surface area contributed by atoms with Crippen molar-refractivity contribution in [3.63, 3.8) is 0 Å². The first-order chi connectivity index (χ1) is 9.74. The minimum Gasteiger partial charge on any atom is -0.497 e. The minimum absolute atomic E-state index is 0.273. The van der Waals surface area contributed by atoms with Gasteiger partial charge in [0.25, 0.3) is 0 Å². The van der Waals surface area contributed by atoms with E-state index in [4.69, 9.17) is 4.74 Å². The third kappa shape index (κ3) is 3.73. The van der Waals surface area contributed by atoms with Gasteiger partial charge in [-0.25, -0.2) is 0 Å². The molecule has 1 atom stereocenters. The summed E-state index contributed by atoms with van der Waals surface area (Å²) in [6.07, 6.45) is 2.69. The van der Waals surface area contributed by atoms with Crippen LogP contribution in [0.25, 0.3) is 0 Å². The average molecular weight is 276 g/mol. The number of carbonyl (C=O) groups excluding carboxylic acids is 1. The van der Waals surface area contributed by atoms with E-state index in [-0.39, 0.29) is 5.91 Å². The summed E-state index contributed by atoms with van der Waals surface area (Å²) in [5, 5.41) is 3.33. The molecule has 0 saturated carbocycles. The number of rotatable bonds is 7. The Labute approximate surface area is 121 Å². The van der Waals surface area contributed by atoms with Crippen molar-refractivity contribution in [1.82, 2.24) is 10.2 Å². The Bertz CT molecular complexity index is 448. The Balaban J connectivity index is 1.98. The van der Waals surface area contributed by atoms with Crippen molar-refractivity contribution in [3.05, 3.63) is 29.8 Å². The molecule has 0 aromatic heterocycles. The Morgan fingerprint density at radius 1 is 1.45 bits per heavy atom. The van der Waals surface area contributed by atoms with Crippen molar-refractivity contribution in [2.24, 2.45) is 0 Å². The zero-order chi connectivity index (χ0) is 14.4. The van der Waals surface area contributed by atoms with E-state index < -0.39 is 0 Å².